The van der Waals surface area contributed by atoms with Crippen LogP contribution in [0, 0.1) is 0 Å². The molecule has 6 heteroatoms. The Labute approximate surface area is 131 Å². The van der Waals surface area contributed by atoms with Crippen molar-refractivity contribution >= 4 is 31.8 Å². The molecule has 2 aromatic rings. The second kappa shape index (κ2) is 6.51. The van der Waals surface area contributed by atoms with E-state index in [9.17, 15) is 17.8 Å². The van der Waals surface area contributed by atoms with E-state index < -0.39 is 15.4 Å². The van der Waals surface area contributed by atoms with E-state index >= 15 is 0 Å². The standard InChI is InChI=1S/C15H13BrO4S/c16-13-8-6-11(7-9-13)14(17)10-15(21(18,19)20)12-4-2-1-3-5-12/h1-9,15H,10H2,(H,18,19,20). The topological polar surface area (TPSA) is 71.4 Å². The molecule has 110 valence electrons. The summed E-state index contributed by atoms with van der Waals surface area (Å²) in [7, 11) is -4.36. The smallest absolute Gasteiger partial charge is 0.272 e. The van der Waals surface area contributed by atoms with Crippen LogP contribution < -0.4 is 0 Å². The largest absolute Gasteiger partial charge is 0.294 e. The Bertz CT molecular complexity index is 724. The maximum Gasteiger partial charge on any atom is 0.272 e. The molecule has 0 aliphatic carbocycles. The molecule has 0 spiro atoms. The van der Waals surface area contributed by atoms with Gasteiger partial charge in [0.2, 0.25) is 0 Å². The molecular weight excluding hydrogens is 356 g/mol. The molecule has 0 aromatic heterocycles. The fraction of sp³-hybridized carbons (Fsp3) is 0.133. The average molecular weight is 369 g/mol. The van der Waals surface area contributed by atoms with E-state index in [2.05, 4.69) is 15.9 Å². The summed E-state index contributed by atoms with van der Waals surface area (Å²) in [4.78, 5) is 12.2. The van der Waals surface area contributed by atoms with Crippen LogP contribution in [0.25, 0.3) is 0 Å². The number of halogens is 1. The highest BCUT2D eigenvalue weighted by Gasteiger charge is 2.28. The SMILES string of the molecule is O=C(CC(c1ccccc1)S(=O)(=O)O)c1ccc(Br)cc1. The number of hydrogen-bond donors (Lipinski definition) is 1. The monoisotopic (exact) mass is 368 g/mol. The molecule has 1 atom stereocenters. The highest BCUT2D eigenvalue weighted by molar-refractivity contribution is 9.10. The fourth-order valence-electron chi connectivity index (χ4n) is 1.98. The number of carbonyl (C=O) groups excluding carboxylic acids is 1. The van der Waals surface area contributed by atoms with Gasteiger partial charge in [-0.3, -0.25) is 9.35 Å². The lowest BCUT2D eigenvalue weighted by Gasteiger charge is -2.13. The number of carbonyl (C=O) groups is 1. The summed E-state index contributed by atoms with van der Waals surface area (Å²) in [5.74, 6) is -0.339. The van der Waals surface area contributed by atoms with Crippen LogP contribution in [0.1, 0.15) is 27.6 Å². The van der Waals surface area contributed by atoms with E-state index in [1.807, 2.05) is 0 Å². The molecule has 0 aliphatic heterocycles. The first-order chi connectivity index (χ1) is 9.88. The lowest BCUT2D eigenvalue weighted by molar-refractivity contribution is 0.0979. The third-order valence-electron chi connectivity index (χ3n) is 3.07. The Morgan fingerprint density at radius 1 is 1.05 bits per heavy atom. The van der Waals surface area contributed by atoms with E-state index in [0.717, 1.165) is 4.47 Å². The second-order valence-electron chi connectivity index (χ2n) is 4.55. The molecule has 0 heterocycles. The van der Waals surface area contributed by atoms with Crippen molar-refractivity contribution in [3.8, 4) is 0 Å². The molecule has 1 unspecified atom stereocenters. The molecule has 4 nitrogen and oxygen atoms in total. The summed E-state index contributed by atoms with van der Waals surface area (Å²) in [5, 5.41) is -1.25. The molecule has 0 saturated heterocycles. The Morgan fingerprint density at radius 3 is 2.14 bits per heavy atom. The molecule has 2 aromatic carbocycles. The van der Waals surface area contributed by atoms with E-state index in [0.29, 0.717) is 11.1 Å². The van der Waals surface area contributed by atoms with Crippen LogP contribution in [0.15, 0.2) is 59.1 Å². The molecule has 2 rings (SSSR count). The summed E-state index contributed by atoms with van der Waals surface area (Å²) in [6.07, 6.45) is -0.301. The van der Waals surface area contributed by atoms with Gasteiger partial charge < -0.3 is 0 Å². The molecule has 0 fully saturated rings. The lowest BCUT2D eigenvalue weighted by Crippen LogP contribution is -2.16. The summed E-state index contributed by atoms with van der Waals surface area (Å²) in [5.41, 5.74) is 0.799. The maximum atomic E-state index is 12.2. The molecule has 0 saturated carbocycles. The van der Waals surface area contributed by atoms with Crippen LogP contribution in [0.4, 0.5) is 0 Å². The minimum absolute atomic E-state index is 0.301. The van der Waals surface area contributed by atoms with Crippen LogP contribution in [-0.4, -0.2) is 18.8 Å². The Morgan fingerprint density at radius 2 is 1.62 bits per heavy atom. The minimum Gasteiger partial charge on any atom is -0.294 e. The molecule has 0 radical (unpaired) electrons. The second-order valence-corrected chi connectivity index (χ2v) is 7.06. The summed E-state index contributed by atoms with van der Waals surface area (Å²) < 4.78 is 33.3. The Balaban J connectivity index is 2.28. The van der Waals surface area contributed by atoms with Crippen molar-refractivity contribution in [2.75, 3.05) is 0 Å². The Hall–Kier alpha value is -1.50. The van der Waals surface area contributed by atoms with Gasteiger partial charge >= 0.3 is 0 Å². The molecule has 1 N–H and O–H groups in total. The van der Waals surface area contributed by atoms with Gasteiger partial charge in [0.25, 0.3) is 10.1 Å². The van der Waals surface area contributed by atoms with Gasteiger partial charge in [-0.1, -0.05) is 58.4 Å². The van der Waals surface area contributed by atoms with Crippen molar-refractivity contribution in [2.24, 2.45) is 0 Å². The first-order valence-corrected chi connectivity index (χ1v) is 8.47. The highest BCUT2D eigenvalue weighted by Crippen LogP contribution is 2.27. The van der Waals surface area contributed by atoms with E-state index in [1.165, 1.54) is 0 Å². The average Bonchev–Trinajstić information content (AvgIpc) is 2.45. The maximum absolute atomic E-state index is 12.2. The van der Waals surface area contributed by atoms with Gasteiger partial charge in [-0.15, -0.1) is 0 Å². The first kappa shape index (κ1) is 15.9. The molecule has 0 amide bonds. The first-order valence-electron chi connectivity index (χ1n) is 6.18. The van der Waals surface area contributed by atoms with Crippen LogP contribution in [-0.2, 0) is 10.1 Å². The third kappa shape index (κ3) is 4.23. The quantitative estimate of drug-likeness (QED) is 0.645. The number of rotatable bonds is 5. The summed E-state index contributed by atoms with van der Waals surface area (Å²) in [6.45, 7) is 0. The van der Waals surface area contributed by atoms with Gasteiger partial charge in [0, 0.05) is 16.5 Å². The third-order valence-corrected chi connectivity index (χ3v) is 4.75. The van der Waals surface area contributed by atoms with Gasteiger partial charge in [-0.2, -0.15) is 8.42 Å². The van der Waals surface area contributed by atoms with Crippen molar-refractivity contribution in [3.63, 3.8) is 0 Å². The van der Waals surface area contributed by atoms with Crippen molar-refractivity contribution in [3.05, 3.63) is 70.2 Å². The van der Waals surface area contributed by atoms with Gasteiger partial charge in [0.1, 0.15) is 5.25 Å². The van der Waals surface area contributed by atoms with Crippen LogP contribution >= 0.6 is 15.9 Å². The van der Waals surface area contributed by atoms with Crippen molar-refractivity contribution in [1.82, 2.24) is 0 Å². The van der Waals surface area contributed by atoms with Gasteiger partial charge in [0.05, 0.1) is 0 Å². The summed E-state index contributed by atoms with van der Waals surface area (Å²) >= 11 is 3.27. The van der Waals surface area contributed by atoms with Crippen molar-refractivity contribution in [1.29, 1.82) is 0 Å². The van der Waals surface area contributed by atoms with E-state index in [4.69, 9.17) is 0 Å². The van der Waals surface area contributed by atoms with Crippen molar-refractivity contribution < 1.29 is 17.8 Å². The van der Waals surface area contributed by atoms with Gasteiger partial charge in [-0.25, -0.2) is 0 Å². The van der Waals surface area contributed by atoms with E-state index in [1.54, 1.807) is 54.6 Å². The fourth-order valence-corrected chi connectivity index (χ4v) is 3.11. The molecular formula is C15H13BrO4S. The Kier molecular flexibility index (Phi) is 4.92. The predicted octanol–water partition coefficient (Wildman–Crippen LogP) is 3.65. The van der Waals surface area contributed by atoms with Crippen LogP contribution in [0.3, 0.4) is 0 Å². The normalized spacial score (nSPS) is 12.9. The zero-order valence-corrected chi connectivity index (χ0v) is 13.3. The molecule has 0 aliphatic rings. The minimum atomic E-state index is -4.36. The predicted molar refractivity (Wildman–Crippen MR) is 83.8 cm³/mol. The van der Waals surface area contributed by atoms with Crippen molar-refractivity contribution in [2.45, 2.75) is 11.7 Å². The van der Waals surface area contributed by atoms with E-state index in [-0.39, 0.29) is 12.2 Å². The van der Waals surface area contributed by atoms with Crippen LogP contribution in [0.2, 0.25) is 0 Å². The number of hydrogen-bond acceptors (Lipinski definition) is 3. The summed E-state index contributed by atoms with van der Waals surface area (Å²) in [6, 6.07) is 14.9. The lowest BCUT2D eigenvalue weighted by atomic mass is 10.0. The molecule has 0 bridgehead atoms. The number of ketones is 1. The van der Waals surface area contributed by atoms with Crippen LogP contribution in [0.5, 0.6) is 0 Å². The van der Waals surface area contributed by atoms with Gasteiger partial charge in [0.15, 0.2) is 5.78 Å². The zero-order valence-electron chi connectivity index (χ0n) is 10.9. The molecule has 21 heavy (non-hydrogen) atoms. The number of Topliss-reactive ketones (excluding diaryl/α,β-unsaturated/α-hetero) is 1. The highest BCUT2D eigenvalue weighted by atomic mass is 79.9. The van der Waals surface area contributed by atoms with Gasteiger partial charge in [-0.05, 0) is 17.7 Å². The number of benzene rings is 2. The zero-order chi connectivity index (χ0) is 15.5.